The van der Waals surface area contributed by atoms with Crippen molar-refractivity contribution in [3.8, 4) is 11.3 Å². The van der Waals surface area contributed by atoms with Crippen molar-refractivity contribution >= 4 is 5.82 Å². The molecule has 24 heavy (non-hydrogen) atoms. The largest absolute Gasteiger partial charge is 0.419 e. The summed E-state index contributed by atoms with van der Waals surface area (Å²) in [7, 11) is 0. The van der Waals surface area contributed by atoms with Gasteiger partial charge in [-0.05, 0) is 25.1 Å². The normalized spacial score (nSPS) is 23.6. The van der Waals surface area contributed by atoms with Crippen molar-refractivity contribution in [2.45, 2.75) is 24.7 Å². The number of nitrogens with zero attached hydrogens (tertiary/aromatic N) is 3. The number of pyridine rings is 1. The number of hydrogen-bond donors (Lipinski definition) is 2. The minimum Gasteiger partial charge on any atom is -0.383 e. The number of nitrogens with one attached hydrogen (secondary N) is 1. The van der Waals surface area contributed by atoms with E-state index in [9.17, 15) is 13.2 Å². The summed E-state index contributed by atoms with van der Waals surface area (Å²) in [6.45, 7) is 2.61. The number of hydrogen-bond acceptors (Lipinski definition) is 5. The van der Waals surface area contributed by atoms with Crippen LogP contribution in [0.25, 0.3) is 11.3 Å². The minimum atomic E-state index is -4.55. The number of ether oxygens (including phenoxy) is 1. The predicted octanol–water partition coefficient (Wildman–Crippen LogP) is 1.76. The fraction of sp³-hybridized carbons (Fsp3) is 0.467. The molecule has 2 aliphatic heterocycles. The van der Waals surface area contributed by atoms with E-state index in [1.807, 2.05) is 4.68 Å². The zero-order valence-corrected chi connectivity index (χ0v) is 12.7. The van der Waals surface area contributed by atoms with E-state index in [0.29, 0.717) is 31.0 Å². The van der Waals surface area contributed by atoms with Gasteiger partial charge in [-0.1, -0.05) is 0 Å². The maximum absolute atomic E-state index is 13.0. The van der Waals surface area contributed by atoms with Crippen molar-refractivity contribution in [2.75, 3.05) is 25.4 Å². The smallest absolute Gasteiger partial charge is 0.383 e. The first kappa shape index (κ1) is 15.4. The third-order valence-corrected chi connectivity index (χ3v) is 4.56. The van der Waals surface area contributed by atoms with Crippen LogP contribution in [0.15, 0.2) is 18.3 Å². The zero-order valence-electron chi connectivity index (χ0n) is 12.7. The lowest BCUT2D eigenvalue weighted by Gasteiger charge is -2.33. The summed E-state index contributed by atoms with van der Waals surface area (Å²) >= 11 is 0. The number of nitrogen functional groups attached to an aromatic ring is 1. The monoisotopic (exact) mass is 339 g/mol. The number of nitrogens with two attached hydrogens (primary N) is 1. The van der Waals surface area contributed by atoms with Crippen LogP contribution in [-0.4, -0.2) is 34.5 Å². The molecular weight excluding hydrogens is 323 g/mol. The van der Waals surface area contributed by atoms with Gasteiger partial charge in [-0.2, -0.15) is 18.3 Å². The van der Waals surface area contributed by atoms with E-state index in [1.165, 1.54) is 6.20 Å². The van der Waals surface area contributed by atoms with Gasteiger partial charge in [0.2, 0.25) is 0 Å². The van der Waals surface area contributed by atoms with Gasteiger partial charge in [-0.15, -0.1) is 0 Å². The zero-order chi connectivity index (χ0) is 16.9. The van der Waals surface area contributed by atoms with E-state index in [4.69, 9.17) is 10.5 Å². The van der Waals surface area contributed by atoms with Crippen LogP contribution in [0.2, 0.25) is 0 Å². The van der Waals surface area contributed by atoms with Gasteiger partial charge in [0.1, 0.15) is 11.4 Å². The van der Waals surface area contributed by atoms with Gasteiger partial charge in [0.05, 0.1) is 30.1 Å². The Hall–Kier alpha value is -2.13. The Balaban J connectivity index is 1.78. The molecule has 0 bridgehead atoms. The lowest BCUT2D eigenvalue weighted by atomic mass is 9.96. The molecule has 2 aromatic rings. The first-order valence-electron chi connectivity index (χ1n) is 7.65. The Morgan fingerprint density at radius 2 is 2.17 bits per heavy atom. The Morgan fingerprint density at radius 1 is 1.33 bits per heavy atom. The predicted molar refractivity (Wildman–Crippen MR) is 80.0 cm³/mol. The standard InChI is InChI=1S/C15H16F3N5O/c16-15(17,18)10-5-9(7-21-13(10)19)11-6-12-14(1-2-20-8-14)24-4-3-23(12)22-11/h5-7,20H,1-4,8H2,(H2,19,21)/t14-/m1/s1. The fourth-order valence-electron chi connectivity index (χ4n) is 3.35. The molecule has 0 unspecified atom stereocenters. The number of fused-ring (bicyclic) bond motifs is 2. The number of anilines is 1. The highest BCUT2D eigenvalue weighted by molar-refractivity contribution is 5.63. The second-order valence-corrected chi connectivity index (χ2v) is 6.06. The van der Waals surface area contributed by atoms with Gasteiger partial charge in [0, 0.05) is 18.3 Å². The highest BCUT2D eigenvalue weighted by Crippen LogP contribution is 2.38. The third-order valence-electron chi connectivity index (χ3n) is 4.56. The summed E-state index contributed by atoms with van der Waals surface area (Å²) in [5, 5.41) is 7.72. The van der Waals surface area contributed by atoms with Crippen LogP contribution in [0.1, 0.15) is 17.7 Å². The second kappa shape index (κ2) is 5.18. The minimum absolute atomic E-state index is 0.291. The molecule has 2 aromatic heterocycles. The van der Waals surface area contributed by atoms with Gasteiger partial charge in [-0.25, -0.2) is 4.98 Å². The third kappa shape index (κ3) is 2.35. The second-order valence-electron chi connectivity index (χ2n) is 6.06. The van der Waals surface area contributed by atoms with E-state index in [0.717, 1.165) is 24.7 Å². The molecular formula is C15H16F3N5O. The van der Waals surface area contributed by atoms with Crippen LogP contribution in [0.5, 0.6) is 0 Å². The number of aromatic nitrogens is 3. The molecule has 6 nitrogen and oxygen atoms in total. The van der Waals surface area contributed by atoms with Crippen LogP contribution in [0, 0.1) is 0 Å². The molecule has 4 rings (SSSR count). The molecule has 2 aliphatic rings. The van der Waals surface area contributed by atoms with Gasteiger partial charge in [0.15, 0.2) is 0 Å². The number of halogens is 3. The van der Waals surface area contributed by atoms with E-state index in [1.54, 1.807) is 6.07 Å². The summed E-state index contributed by atoms with van der Waals surface area (Å²) in [4.78, 5) is 3.68. The summed E-state index contributed by atoms with van der Waals surface area (Å²) in [5.41, 5.74) is 5.59. The van der Waals surface area contributed by atoms with Crippen LogP contribution in [0.4, 0.5) is 19.0 Å². The van der Waals surface area contributed by atoms with E-state index in [-0.39, 0.29) is 0 Å². The lowest BCUT2D eigenvalue weighted by molar-refractivity contribution is -0.137. The Bertz CT molecular complexity index is 780. The first-order valence-corrected chi connectivity index (χ1v) is 7.65. The van der Waals surface area contributed by atoms with Crippen molar-refractivity contribution in [3.63, 3.8) is 0 Å². The van der Waals surface area contributed by atoms with Gasteiger partial charge in [-0.3, -0.25) is 4.68 Å². The van der Waals surface area contributed by atoms with Gasteiger partial charge in [0.25, 0.3) is 0 Å². The highest BCUT2D eigenvalue weighted by atomic mass is 19.4. The average molecular weight is 339 g/mol. The van der Waals surface area contributed by atoms with E-state index in [2.05, 4.69) is 15.4 Å². The molecule has 1 spiro atoms. The fourth-order valence-corrected chi connectivity index (χ4v) is 3.35. The van der Waals surface area contributed by atoms with E-state index < -0.39 is 23.2 Å². The summed E-state index contributed by atoms with van der Waals surface area (Å²) < 4.78 is 46.9. The Morgan fingerprint density at radius 3 is 2.88 bits per heavy atom. The van der Waals surface area contributed by atoms with Gasteiger partial charge >= 0.3 is 6.18 Å². The van der Waals surface area contributed by atoms with Crippen molar-refractivity contribution in [2.24, 2.45) is 0 Å². The molecule has 1 saturated heterocycles. The summed E-state index contributed by atoms with van der Waals surface area (Å²) in [6, 6.07) is 2.79. The molecule has 128 valence electrons. The Labute approximate surface area is 135 Å². The average Bonchev–Trinajstić information content (AvgIpc) is 3.15. The molecule has 1 atom stereocenters. The lowest BCUT2D eigenvalue weighted by Crippen LogP contribution is -2.40. The van der Waals surface area contributed by atoms with Crippen LogP contribution < -0.4 is 11.1 Å². The van der Waals surface area contributed by atoms with Crippen molar-refractivity contribution < 1.29 is 17.9 Å². The highest BCUT2D eigenvalue weighted by Gasteiger charge is 2.42. The van der Waals surface area contributed by atoms with Crippen molar-refractivity contribution in [1.82, 2.24) is 20.1 Å². The molecule has 0 amide bonds. The number of rotatable bonds is 1. The van der Waals surface area contributed by atoms with Crippen LogP contribution >= 0.6 is 0 Å². The molecule has 0 aromatic carbocycles. The van der Waals surface area contributed by atoms with E-state index >= 15 is 0 Å². The summed E-state index contributed by atoms with van der Waals surface area (Å²) in [6.07, 6.45) is -2.42. The van der Waals surface area contributed by atoms with Crippen molar-refractivity contribution in [3.05, 3.63) is 29.6 Å². The van der Waals surface area contributed by atoms with Crippen LogP contribution in [0.3, 0.4) is 0 Å². The van der Waals surface area contributed by atoms with Crippen LogP contribution in [-0.2, 0) is 23.1 Å². The quantitative estimate of drug-likeness (QED) is 0.828. The maximum atomic E-state index is 13.0. The maximum Gasteiger partial charge on any atom is 0.419 e. The molecule has 4 heterocycles. The topological polar surface area (TPSA) is 78.0 Å². The number of alkyl halides is 3. The molecule has 0 aliphatic carbocycles. The first-order chi connectivity index (χ1) is 11.4. The molecule has 9 heteroatoms. The molecule has 3 N–H and O–H groups in total. The van der Waals surface area contributed by atoms with Gasteiger partial charge < -0.3 is 15.8 Å². The summed E-state index contributed by atoms with van der Waals surface area (Å²) in [5.74, 6) is -0.532. The Kier molecular flexibility index (Phi) is 3.33. The molecule has 0 radical (unpaired) electrons. The van der Waals surface area contributed by atoms with Crippen molar-refractivity contribution in [1.29, 1.82) is 0 Å². The SMILES string of the molecule is Nc1ncc(-c2cc3n(n2)CCO[C@@]32CCNC2)cc1C(F)(F)F. The molecule has 1 fully saturated rings. The molecule has 0 saturated carbocycles.